The van der Waals surface area contributed by atoms with E-state index in [9.17, 15) is 18.5 Å². The number of aromatic nitrogens is 1. The van der Waals surface area contributed by atoms with Gasteiger partial charge in [-0.2, -0.15) is 0 Å². The maximum absolute atomic E-state index is 12.3. The van der Waals surface area contributed by atoms with Crippen LogP contribution < -0.4 is 5.32 Å². The summed E-state index contributed by atoms with van der Waals surface area (Å²) < 4.78 is 26.2. The molecule has 2 fully saturated rings. The van der Waals surface area contributed by atoms with E-state index in [4.69, 9.17) is 0 Å². The lowest BCUT2D eigenvalue weighted by Gasteiger charge is -2.32. The van der Waals surface area contributed by atoms with Crippen molar-refractivity contribution in [1.29, 1.82) is 0 Å². The number of nitro groups is 1. The average Bonchev–Trinajstić information content (AvgIpc) is 3.48. The number of hydrogen-bond donors (Lipinski definition) is 1. The highest BCUT2D eigenvalue weighted by molar-refractivity contribution is 7.90. The van der Waals surface area contributed by atoms with Gasteiger partial charge in [0, 0.05) is 31.4 Å². The molecule has 2 aromatic rings. The van der Waals surface area contributed by atoms with Crippen molar-refractivity contribution in [2.45, 2.75) is 37.0 Å². The number of anilines is 1. The molecule has 0 amide bonds. The SMILES string of the molecule is O=[N+]([O-])c1ccc(NC2CCN(S(=O)(=O)C3CC3)CC2)c2ncccc12. The minimum Gasteiger partial charge on any atom is -0.380 e. The summed E-state index contributed by atoms with van der Waals surface area (Å²) in [7, 11) is -3.12. The number of piperidine rings is 1. The number of non-ortho nitro benzene ring substituents is 1. The fourth-order valence-electron chi connectivity index (χ4n) is 3.48. The Labute approximate surface area is 151 Å². The Hall–Kier alpha value is -2.26. The second-order valence-electron chi connectivity index (χ2n) is 6.85. The number of fused-ring (bicyclic) bond motifs is 1. The van der Waals surface area contributed by atoms with E-state index in [-0.39, 0.29) is 17.0 Å². The molecule has 138 valence electrons. The topological polar surface area (TPSA) is 105 Å². The highest BCUT2D eigenvalue weighted by Crippen LogP contribution is 2.34. The Morgan fingerprint density at radius 2 is 1.88 bits per heavy atom. The molecule has 9 heteroatoms. The first-order valence-corrected chi connectivity index (χ1v) is 10.2. The fraction of sp³-hybridized carbons (Fsp3) is 0.471. The van der Waals surface area contributed by atoms with Crippen LogP contribution in [0.2, 0.25) is 0 Å². The van der Waals surface area contributed by atoms with Gasteiger partial charge in [0.1, 0.15) is 5.52 Å². The Kier molecular flexibility index (Phi) is 4.28. The van der Waals surface area contributed by atoms with Crippen molar-refractivity contribution in [3.8, 4) is 0 Å². The summed E-state index contributed by atoms with van der Waals surface area (Å²) in [4.78, 5) is 15.1. The first-order valence-electron chi connectivity index (χ1n) is 8.74. The van der Waals surface area contributed by atoms with Crippen molar-refractivity contribution < 1.29 is 13.3 Å². The number of hydrogen-bond acceptors (Lipinski definition) is 6. The molecule has 1 aromatic heterocycles. The van der Waals surface area contributed by atoms with Crippen molar-refractivity contribution in [3.63, 3.8) is 0 Å². The van der Waals surface area contributed by atoms with E-state index in [1.54, 1.807) is 28.7 Å². The molecule has 0 unspecified atom stereocenters. The summed E-state index contributed by atoms with van der Waals surface area (Å²) in [5.41, 5.74) is 1.34. The Morgan fingerprint density at radius 1 is 1.15 bits per heavy atom. The van der Waals surface area contributed by atoms with Crippen LogP contribution in [0.5, 0.6) is 0 Å². The number of nitrogens with zero attached hydrogens (tertiary/aromatic N) is 3. The van der Waals surface area contributed by atoms with Gasteiger partial charge in [0.05, 0.1) is 21.2 Å². The molecule has 1 aliphatic heterocycles. The van der Waals surface area contributed by atoms with Gasteiger partial charge in [0.15, 0.2) is 0 Å². The van der Waals surface area contributed by atoms with E-state index in [1.165, 1.54) is 6.07 Å². The summed E-state index contributed by atoms with van der Waals surface area (Å²) in [5, 5.41) is 14.9. The Bertz CT molecular complexity index is 950. The van der Waals surface area contributed by atoms with Crippen molar-refractivity contribution in [3.05, 3.63) is 40.6 Å². The second kappa shape index (κ2) is 6.48. The lowest BCUT2D eigenvalue weighted by Crippen LogP contribution is -2.43. The number of pyridine rings is 1. The zero-order valence-electron chi connectivity index (χ0n) is 14.2. The number of nitro benzene ring substituents is 1. The van der Waals surface area contributed by atoms with Gasteiger partial charge in [-0.1, -0.05) is 0 Å². The molecular weight excluding hydrogens is 356 g/mol. The molecule has 1 aliphatic carbocycles. The third-order valence-corrected chi connectivity index (χ3v) is 7.46. The van der Waals surface area contributed by atoms with Crippen LogP contribution in [0.4, 0.5) is 11.4 Å². The summed E-state index contributed by atoms with van der Waals surface area (Å²) in [6.45, 7) is 1.02. The largest absolute Gasteiger partial charge is 0.380 e. The molecule has 1 aromatic carbocycles. The molecule has 0 radical (unpaired) electrons. The van der Waals surface area contributed by atoms with E-state index < -0.39 is 14.9 Å². The molecule has 0 bridgehead atoms. The van der Waals surface area contributed by atoms with E-state index in [0.29, 0.717) is 36.8 Å². The quantitative estimate of drug-likeness (QED) is 0.635. The molecule has 2 heterocycles. The van der Waals surface area contributed by atoms with Gasteiger partial charge in [-0.3, -0.25) is 15.1 Å². The highest BCUT2D eigenvalue weighted by Gasteiger charge is 2.41. The maximum atomic E-state index is 12.3. The minimum atomic E-state index is -3.12. The van der Waals surface area contributed by atoms with E-state index in [0.717, 1.165) is 18.5 Å². The summed E-state index contributed by atoms with van der Waals surface area (Å²) in [6.07, 6.45) is 4.58. The first kappa shape index (κ1) is 17.2. The van der Waals surface area contributed by atoms with Crippen LogP contribution in [-0.4, -0.2) is 47.0 Å². The van der Waals surface area contributed by atoms with Gasteiger partial charge in [0.25, 0.3) is 5.69 Å². The molecule has 1 N–H and O–H groups in total. The summed E-state index contributed by atoms with van der Waals surface area (Å²) in [6, 6.07) is 6.66. The van der Waals surface area contributed by atoms with Gasteiger partial charge in [-0.25, -0.2) is 12.7 Å². The van der Waals surface area contributed by atoms with Crippen LogP contribution in [0.25, 0.3) is 10.9 Å². The molecule has 8 nitrogen and oxygen atoms in total. The van der Waals surface area contributed by atoms with E-state index >= 15 is 0 Å². The third-order valence-electron chi connectivity index (χ3n) is 5.06. The minimum absolute atomic E-state index is 0.0315. The predicted octanol–water partition coefficient (Wildman–Crippen LogP) is 2.51. The average molecular weight is 376 g/mol. The number of sulfonamides is 1. The van der Waals surface area contributed by atoms with Crippen LogP contribution in [0, 0.1) is 10.1 Å². The van der Waals surface area contributed by atoms with Crippen molar-refractivity contribution >= 4 is 32.3 Å². The van der Waals surface area contributed by atoms with Crippen LogP contribution in [0.3, 0.4) is 0 Å². The third kappa shape index (κ3) is 3.12. The molecule has 26 heavy (non-hydrogen) atoms. The number of benzene rings is 1. The zero-order valence-corrected chi connectivity index (χ0v) is 15.0. The smallest absolute Gasteiger partial charge is 0.278 e. The fourth-order valence-corrected chi connectivity index (χ4v) is 5.36. The van der Waals surface area contributed by atoms with Crippen molar-refractivity contribution in [2.24, 2.45) is 0 Å². The van der Waals surface area contributed by atoms with Crippen molar-refractivity contribution in [2.75, 3.05) is 18.4 Å². The van der Waals surface area contributed by atoms with Crippen LogP contribution in [-0.2, 0) is 10.0 Å². The monoisotopic (exact) mass is 376 g/mol. The predicted molar refractivity (Wildman–Crippen MR) is 98.6 cm³/mol. The van der Waals surface area contributed by atoms with Gasteiger partial charge in [-0.05, 0) is 43.9 Å². The van der Waals surface area contributed by atoms with Crippen LogP contribution in [0.1, 0.15) is 25.7 Å². The van der Waals surface area contributed by atoms with Gasteiger partial charge in [0.2, 0.25) is 10.0 Å². The maximum Gasteiger partial charge on any atom is 0.278 e. The molecule has 0 spiro atoms. The first-order chi connectivity index (χ1) is 12.5. The van der Waals surface area contributed by atoms with Crippen molar-refractivity contribution in [1.82, 2.24) is 9.29 Å². The van der Waals surface area contributed by atoms with E-state index in [2.05, 4.69) is 10.3 Å². The summed E-state index contributed by atoms with van der Waals surface area (Å²) >= 11 is 0. The lowest BCUT2D eigenvalue weighted by molar-refractivity contribution is -0.383. The molecule has 2 aliphatic rings. The lowest BCUT2D eigenvalue weighted by atomic mass is 10.1. The van der Waals surface area contributed by atoms with Gasteiger partial charge < -0.3 is 5.32 Å². The van der Waals surface area contributed by atoms with Gasteiger partial charge in [-0.15, -0.1) is 0 Å². The van der Waals surface area contributed by atoms with Crippen LogP contribution >= 0.6 is 0 Å². The summed E-state index contributed by atoms with van der Waals surface area (Å²) in [5.74, 6) is 0. The standard InChI is InChI=1S/C17H20N4O4S/c22-21(23)16-6-5-15(17-14(16)2-1-9-18-17)19-12-7-10-20(11-8-12)26(24,25)13-3-4-13/h1-2,5-6,9,12-13,19H,3-4,7-8,10-11H2. The number of nitrogens with one attached hydrogen (secondary N) is 1. The molecule has 1 saturated carbocycles. The molecule has 4 rings (SSSR count). The Morgan fingerprint density at radius 3 is 2.54 bits per heavy atom. The van der Waals surface area contributed by atoms with E-state index in [1.807, 2.05) is 0 Å². The zero-order chi connectivity index (χ0) is 18.3. The Balaban J connectivity index is 1.50. The second-order valence-corrected chi connectivity index (χ2v) is 9.06. The molecule has 0 atom stereocenters. The van der Waals surface area contributed by atoms with Gasteiger partial charge >= 0.3 is 0 Å². The molecule has 1 saturated heterocycles. The number of rotatable bonds is 5. The molecular formula is C17H20N4O4S. The van der Waals surface area contributed by atoms with Crippen LogP contribution in [0.15, 0.2) is 30.5 Å². The normalized spacial score (nSPS) is 19.5. The highest BCUT2D eigenvalue weighted by atomic mass is 32.2.